The lowest BCUT2D eigenvalue weighted by Gasteiger charge is -2.21. The number of benzene rings is 3. The first kappa shape index (κ1) is 22.2. The number of carbonyl (C=O) groups excluding carboxylic acids is 2. The van der Waals surface area contributed by atoms with Gasteiger partial charge in [0, 0.05) is 29.3 Å². The molecule has 0 aliphatic carbocycles. The molecule has 0 radical (unpaired) electrons. The lowest BCUT2D eigenvalue weighted by atomic mass is 9.98. The molecule has 1 atom stereocenters. The molecule has 4 aromatic rings. The minimum atomic E-state index is -1.12. The van der Waals surface area contributed by atoms with Crippen LogP contribution in [0.25, 0.3) is 10.9 Å². The first-order valence-electron chi connectivity index (χ1n) is 11.6. The van der Waals surface area contributed by atoms with E-state index >= 15 is 0 Å². The molecule has 178 valence electrons. The van der Waals surface area contributed by atoms with E-state index in [1.54, 1.807) is 30.2 Å². The van der Waals surface area contributed by atoms with Crippen molar-refractivity contribution in [1.29, 1.82) is 0 Å². The van der Waals surface area contributed by atoms with Gasteiger partial charge in [-0.05, 0) is 18.1 Å². The molecular formula is C28H21ClN4O3. The minimum absolute atomic E-state index is 0.158. The Morgan fingerprint density at radius 1 is 1.08 bits per heavy atom. The molecule has 0 unspecified atom stereocenters. The Morgan fingerprint density at radius 2 is 1.89 bits per heavy atom. The molecule has 8 heteroatoms. The van der Waals surface area contributed by atoms with Crippen LogP contribution in [0.2, 0.25) is 5.02 Å². The number of nitrogens with one attached hydrogen (secondary N) is 1. The minimum Gasteiger partial charge on any atom is -0.494 e. The summed E-state index contributed by atoms with van der Waals surface area (Å²) in [7, 11) is 1.55. The predicted molar refractivity (Wildman–Crippen MR) is 139 cm³/mol. The average Bonchev–Trinajstić information content (AvgIpc) is 3.31. The highest BCUT2D eigenvalue weighted by Gasteiger charge is 2.37. The van der Waals surface area contributed by atoms with E-state index in [9.17, 15) is 9.59 Å². The summed E-state index contributed by atoms with van der Waals surface area (Å²) in [4.78, 5) is 38.0. The van der Waals surface area contributed by atoms with E-state index in [2.05, 4.69) is 10.3 Å². The van der Waals surface area contributed by atoms with Gasteiger partial charge in [-0.15, -0.1) is 0 Å². The summed E-state index contributed by atoms with van der Waals surface area (Å²) in [5.41, 5.74) is 5.06. The Morgan fingerprint density at radius 3 is 2.69 bits per heavy atom. The molecule has 3 heterocycles. The van der Waals surface area contributed by atoms with Crippen molar-refractivity contribution in [2.45, 2.75) is 12.6 Å². The predicted octanol–water partition coefficient (Wildman–Crippen LogP) is 4.39. The maximum Gasteiger partial charge on any atom is 0.272 e. The number of carbonyl (C=O) groups is 2. The third-order valence-corrected chi connectivity index (χ3v) is 6.99. The third kappa shape index (κ3) is 3.51. The fourth-order valence-corrected chi connectivity index (χ4v) is 5.16. The number of pyridine rings is 1. The number of anilines is 1. The molecule has 0 bridgehead atoms. The van der Waals surface area contributed by atoms with E-state index in [4.69, 9.17) is 21.3 Å². The van der Waals surface area contributed by atoms with E-state index in [1.807, 2.05) is 48.5 Å². The second kappa shape index (κ2) is 8.77. The lowest BCUT2D eigenvalue weighted by molar-refractivity contribution is -0.120. The highest BCUT2D eigenvalue weighted by Crippen LogP contribution is 2.36. The van der Waals surface area contributed by atoms with Gasteiger partial charge in [0.1, 0.15) is 11.3 Å². The van der Waals surface area contributed by atoms with Gasteiger partial charge in [-0.2, -0.15) is 0 Å². The van der Waals surface area contributed by atoms with Crippen molar-refractivity contribution in [3.8, 4) is 5.75 Å². The molecule has 36 heavy (non-hydrogen) atoms. The first-order valence-corrected chi connectivity index (χ1v) is 11.9. The van der Waals surface area contributed by atoms with Crippen molar-refractivity contribution in [2.24, 2.45) is 4.99 Å². The van der Waals surface area contributed by atoms with Gasteiger partial charge in [-0.1, -0.05) is 72.3 Å². The summed E-state index contributed by atoms with van der Waals surface area (Å²) in [6.07, 6.45) is 1.02. The zero-order chi connectivity index (χ0) is 24.8. The second-order valence-corrected chi connectivity index (χ2v) is 8.99. The van der Waals surface area contributed by atoms with E-state index in [1.165, 1.54) is 6.20 Å². The summed E-state index contributed by atoms with van der Waals surface area (Å²) < 4.78 is 5.36. The van der Waals surface area contributed by atoms with Crippen LogP contribution in [0, 0.1) is 0 Å². The summed E-state index contributed by atoms with van der Waals surface area (Å²) in [6.45, 7) is 0.535. The number of hydrogen-bond donors (Lipinski definition) is 1. The van der Waals surface area contributed by atoms with Crippen LogP contribution in [0.15, 0.2) is 77.9 Å². The highest BCUT2D eigenvalue weighted by atomic mass is 35.5. The second-order valence-electron chi connectivity index (χ2n) is 8.62. The van der Waals surface area contributed by atoms with Crippen LogP contribution in [-0.4, -0.2) is 42.3 Å². The molecule has 1 N–H and O–H groups in total. The quantitative estimate of drug-likeness (QED) is 0.454. The molecule has 6 rings (SSSR count). The number of methoxy groups -OCH3 is 1. The molecular weight excluding hydrogens is 476 g/mol. The smallest absolute Gasteiger partial charge is 0.272 e. The van der Waals surface area contributed by atoms with Crippen LogP contribution in [-0.2, 0) is 11.2 Å². The van der Waals surface area contributed by atoms with Gasteiger partial charge in [-0.3, -0.25) is 14.6 Å². The third-order valence-electron chi connectivity index (χ3n) is 6.58. The van der Waals surface area contributed by atoms with Gasteiger partial charge in [0.15, 0.2) is 0 Å². The number of halogens is 1. The van der Waals surface area contributed by atoms with Crippen molar-refractivity contribution in [3.63, 3.8) is 0 Å². The van der Waals surface area contributed by atoms with E-state index in [0.717, 1.165) is 28.8 Å². The van der Waals surface area contributed by atoms with Gasteiger partial charge in [-0.25, -0.2) is 4.99 Å². The van der Waals surface area contributed by atoms with Gasteiger partial charge >= 0.3 is 0 Å². The number of para-hydroxylation sites is 2. The van der Waals surface area contributed by atoms with Gasteiger partial charge < -0.3 is 15.0 Å². The van der Waals surface area contributed by atoms with Crippen molar-refractivity contribution >= 4 is 45.7 Å². The largest absolute Gasteiger partial charge is 0.494 e. The zero-order valence-electron chi connectivity index (χ0n) is 19.4. The number of amides is 2. The fourth-order valence-electron chi connectivity index (χ4n) is 4.88. The average molecular weight is 497 g/mol. The normalized spacial score (nSPS) is 16.4. The molecule has 1 aromatic heterocycles. The Labute approximate surface area is 212 Å². The van der Waals surface area contributed by atoms with E-state index < -0.39 is 12.1 Å². The molecule has 0 saturated heterocycles. The summed E-state index contributed by atoms with van der Waals surface area (Å²) >= 11 is 6.63. The SMILES string of the molecule is COc1cccc2c(Cl)c(C(=O)N[C@@H]3N=C(c4ccccc4)c4cccc5c4N(CC5)C3=O)cnc12. The summed E-state index contributed by atoms with van der Waals surface area (Å²) in [6, 6.07) is 21.0. The Balaban J connectivity index is 1.42. The van der Waals surface area contributed by atoms with Crippen LogP contribution in [0.3, 0.4) is 0 Å². The Bertz CT molecular complexity index is 1570. The standard InChI is InChI=1S/C28H21ClN4O3/c1-36-21-12-6-10-18-22(29)20(15-30-24(18)21)27(34)32-26-28(35)33-14-13-17-9-5-11-19(25(17)33)23(31-26)16-7-3-2-4-8-16/h2-12,15,26H,13-14H2,1H3,(H,32,34)/t26-/m0/s1. The zero-order valence-corrected chi connectivity index (χ0v) is 20.1. The molecule has 2 amide bonds. The first-order chi connectivity index (χ1) is 17.6. The molecule has 2 aliphatic heterocycles. The number of ether oxygens (including phenoxy) is 1. The van der Waals surface area contributed by atoms with E-state index in [-0.39, 0.29) is 16.5 Å². The maximum atomic E-state index is 13.6. The number of fused-ring (bicyclic) bond motifs is 1. The molecule has 0 fully saturated rings. The monoisotopic (exact) mass is 496 g/mol. The molecule has 2 aliphatic rings. The lowest BCUT2D eigenvalue weighted by Crippen LogP contribution is -2.47. The topological polar surface area (TPSA) is 83.9 Å². The molecule has 0 saturated carbocycles. The van der Waals surface area contributed by atoms with Crippen LogP contribution in [0.1, 0.15) is 27.0 Å². The molecule has 3 aromatic carbocycles. The highest BCUT2D eigenvalue weighted by molar-refractivity contribution is 6.38. The number of nitrogens with zero attached hydrogens (tertiary/aromatic N) is 3. The van der Waals surface area contributed by atoms with Crippen molar-refractivity contribution in [2.75, 3.05) is 18.6 Å². The van der Waals surface area contributed by atoms with Crippen molar-refractivity contribution in [3.05, 3.63) is 100 Å². The number of hydrogen-bond acceptors (Lipinski definition) is 5. The van der Waals surface area contributed by atoms with Gasteiger partial charge in [0.05, 0.1) is 29.1 Å². The Kier molecular flexibility index (Phi) is 5.42. The van der Waals surface area contributed by atoms with Crippen LogP contribution >= 0.6 is 11.6 Å². The fraction of sp³-hybridized carbons (Fsp3) is 0.143. The van der Waals surface area contributed by atoms with Crippen molar-refractivity contribution in [1.82, 2.24) is 10.3 Å². The Hall–Kier alpha value is -4.23. The summed E-state index contributed by atoms with van der Waals surface area (Å²) in [5.74, 6) is -0.260. The van der Waals surface area contributed by atoms with Crippen LogP contribution < -0.4 is 15.0 Å². The number of aliphatic imine (C=N–C) groups is 1. The van der Waals surface area contributed by atoms with Gasteiger partial charge in [0.25, 0.3) is 11.8 Å². The van der Waals surface area contributed by atoms with Crippen molar-refractivity contribution < 1.29 is 14.3 Å². The molecule has 7 nitrogen and oxygen atoms in total. The number of aromatic nitrogens is 1. The summed E-state index contributed by atoms with van der Waals surface area (Å²) in [5, 5.41) is 3.62. The van der Waals surface area contributed by atoms with Crippen LogP contribution in [0.4, 0.5) is 5.69 Å². The maximum absolute atomic E-state index is 13.6. The van der Waals surface area contributed by atoms with E-state index in [0.29, 0.717) is 28.9 Å². The number of rotatable bonds is 4. The van der Waals surface area contributed by atoms with Crippen LogP contribution in [0.5, 0.6) is 5.75 Å². The van der Waals surface area contributed by atoms with Gasteiger partial charge in [0.2, 0.25) is 6.17 Å². The molecule has 0 spiro atoms.